The van der Waals surface area contributed by atoms with Crippen molar-refractivity contribution in [2.24, 2.45) is 5.73 Å². The molecule has 0 unspecified atom stereocenters. The van der Waals surface area contributed by atoms with Crippen LogP contribution in [0.15, 0.2) is 48.5 Å². The van der Waals surface area contributed by atoms with Gasteiger partial charge in [0.25, 0.3) is 0 Å². The van der Waals surface area contributed by atoms with Crippen LogP contribution in [0.1, 0.15) is 24.0 Å². The third-order valence-corrected chi connectivity index (χ3v) is 4.17. The number of nitrogens with one attached hydrogen (secondary N) is 1. The second-order valence-electron chi connectivity index (χ2n) is 6.18. The van der Waals surface area contributed by atoms with E-state index in [0.717, 1.165) is 12.8 Å². The Bertz CT molecular complexity index is 790. The SMILES string of the molecule is NC(=O)Cc1ccccc1NC(=O)N(Cc1ccccc1F)C1CC1. The molecule has 1 saturated carbocycles. The average molecular weight is 341 g/mol. The first-order valence-corrected chi connectivity index (χ1v) is 8.22. The molecule has 0 atom stereocenters. The van der Waals surface area contributed by atoms with Crippen LogP contribution in [0.4, 0.5) is 14.9 Å². The number of nitrogens with zero attached hydrogens (tertiary/aromatic N) is 1. The number of rotatable bonds is 6. The van der Waals surface area contributed by atoms with Gasteiger partial charge in [-0.2, -0.15) is 0 Å². The normalized spacial score (nSPS) is 13.3. The molecular formula is C19H20FN3O2. The molecule has 1 fully saturated rings. The summed E-state index contributed by atoms with van der Waals surface area (Å²) in [6.07, 6.45) is 1.86. The predicted molar refractivity (Wildman–Crippen MR) is 93.3 cm³/mol. The lowest BCUT2D eigenvalue weighted by Crippen LogP contribution is -2.36. The zero-order chi connectivity index (χ0) is 17.8. The largest absolute Gasteiger partial charge is 0.369 e. The van der Waals surface area contributed by atoms with Gasteiger partial charge in [-0.3, -0.25) is 4.79 Å². The van der Waals surface area contributed by atoms with Gasteiger partial charge in [-0.05, 0) is 30.5 Å². The number of carbonyl (C=O) groups excluding carboxylic acids is 2. The molecule has 0 saturated heterocycles. The molecule has 5 nitrogen and oxygen atoms in total. The topological polar surface area (TPSA) is 75.4 Å². The van der Waals surface area contributed by atoms with Crippen molar-refractivity contribution in [3.8, 4) is 0 Å². The molecule has 3 amide bonds. The highest BCUT2D eigenvalue weighted by Crippen LogP contribution is 2.30. The second-order valence-corrected chi connectivity index (χ2v) is 6.18. The summed E-state index contributed by atoms with van der Waals surface area (Å²) in [6, 6.07) is 13.3. The van der Waals surface area contributed by atoms with Crippen LogP contribution in [0.3, 0.4) is 0 Å². The van der Waals surface area contributed by atoms with E-state index in [4.69, 9.17) is 5.73 Å². The molecule has 0 aliphatic heterocycles. The van der Waals surface area contributed by atoms with Crippen molar-refractivity contribution in [3.05, 3.63) is 65.5 Å². The average Bonchev–Trinajstić information content (AvgIpc) is 3.40. The first-order valence-electron chi connectivity index (χ1n) is 8.22. The molecule has 0 spiro atoms. The van der Waals surface area contributed by atoms with Crippen LogP contribution >= 0.6 is 0 Å². The van der Waals surface area contributed by atoms with E-state index in [1.54, 1.807) is 47.4 Å². The Morgan fingerprint density at radius 2 is 1.72 bits per heavy atom. The number of primary amides is 1. The number of halogens is 1. The molecule has 6 heteroatoms. The van der Waals surface area contributed by atoms with Gasteiger partial charge in [0.2, 0.25) is 5.91 Å². The van der Waals surface area contributed by atoms with Crippen LogP contribution < -0.4 is 11.1 Å². The third-order valence-electron chi connectivity index (χ3n) is 4.17. The van der Waals surface area contributed by atoms with Crippen molar-refractivity contribution in [2.75, 3.05) is 5.32 Å². The molecule has 0 radical (unpaired) electrons. The van der Waals surface area contributed by atoms with E-state index < -0.39 is 5.91 Å². The van der Waals surface area contributed by atoms with Crippen molar-refractivity contribution in [1.82, 2.24) is 4.90 Å². The number of amides is 3. The smallest absolute Gasteiger partial charge is 0.322 e. The number of nitrogens with two attached hydrogens (primary N) is 1. The minimum atomic E-state index is -0.466. The maximum Gasteiger partial charge on any atom is 0.322 e. The molecule has 3 N–H and O–H groups in total. The summed E-state index contributed by atoms with van der Waals surface area (Å²) in [5.74, 6) is -0.790. The highest BCUT2D eigenvalue weighted by molar-refractivity contribution is 5.91. The summed E-state index contributed by atoms with van der Waals surface area (Å²) in [5, 5.41) is 2.83. The van der Waals surface area contributed by atoms with Crippen molar-refractivity contribution >= 4 is 17.6 Å². The van der Waals surface area contributed by atoms with Crippen LogP contribution in [0.25, 0.3) is 0 Å². The number of hydrogen-bond donors (Lipinski definition) is 2. The molecule has 2 aromatic carbocycles. The summed E-state index contributed by atoms with van der Waals surface area (Å²) in [7, 11) is 0. The van der Waals surface area contributed by atoms with E-state index in [0.29, 0.717) is 16.8 Å². The number of benzene rings is 2. The first kappa shape index (κ1) is 17.0. The minimum absolute atomic E-state index is 0.0488. The van der Waals surface area contributed by atoms with Crippen molar-refractivity contribution < 1.29 is 14.0 Å². The Balaban J connectivity index is 1.76. The number of hydrogen-bond acceptors (Lipinski definition) is 2. The van der Waals surface area contributed by atoms with E-state index >= 15 is 0 Å². The molecule has 130 valence electrons. The van der Waals surface area contributed by atoms with Gasteiger partial charge in [0.15, 0.2) is 0 Å². The number of carbonyl (C=O) groups is 2. The number of anilines is 1. The molecular weight excluding hydrogens is 321 g/mol. The van der Waals surface area contributed by atoms with Crippen LogP contribution in [0.5, 0.6) is 0 Å². The number of para-hydroxylation sites is 1. The lowest BCUT2D eigenvalue weighted by atomic mass is 10.1. The number of urea groups is 1. The summed E-state index contributed by atoms with van der Waals surface area (Å²) >= 11 is 0. The lowest BCUT2D eigenvalue weighted by Gasteiger charge is -2.24. The van der Waals surface area contributed by atoms with Gasteiger partial charge in [0.05, 0.1) is 13.0 Å². The molecule has 2 aromatic rings. The summed E-state index contributed by atoms with van der Waals surface area (Å²) in [5.41, 5.74) is 6.94. The van der Waals surface area contributed by atoms with Gasteiger partial charge in [0, 0.05) is 17.3 Å². The molecule has 1 aliphatic carbocycles. The third kappa shape index (κ3) is 4.35. The Kier molecular flexibility index (Phi) is 4.97. The minimum Gasteiger partial charge on any atom is -0.369 e. The second kappa shape index (κ2) is 7.34. The molecule has 25 heavy (non-hydrogen) atoms. The van der Waals surface area contributed by atoms with Crippen molar-refractivity contribution in [2.45, 2.75) is 31.8 Å². The fourth-order valence-electron chi connectivity index (χ4n) is 2.73. The summed E-state index contributed by atoms with van der Waals surface area (Å²) in [6.45, 7) is 0.209. The Morgan fingerprint density at radius 3 is 2.36 bits per heavy atom. The van der Waals surface area contributed by atoms with Crippen LogP contribution in [-0.4, -0.2) is 22.9 Å². The first-order chi connectivity index (χ1) is 12.0. The monoisotopic (exact) mass is 341 g/mol. The fraction of sp³-hybridized carbons (Fsp3) is 0.263. The Hall–Kier alpha value is -2.89. The maximum atomic E-state index is 13.9. The molecule has 0 heterocycles. The van der Waals surface area contributed by atoms with Crippen LogP contribution in [0.2, 0.25) is 0 Å². The van der Waals surface area contributed by atoms with E-state index in [1.807, 2.05) is 0 Å². The van der Waals surface area contributed by atoms with Crippen LogP contribution in [0, 0.1) is 5.82 Å². The van der Waals surface area contributed by atoms with E-state index in [9.17, 15) is 14.0 Å². The zero-order valence-corrected chi connectivity index (χ0v) is 13.7. The Labute approximate surface area is 145 Å². The fourth-order valence-corrected chi connectivity index (χ4v) is 2.73. The molecule has 0 aromatic heterocycles. The van der Waals surface area contributed by atoms with Gasteiger partial charge in [-0.25, -0.2) is 9.18 Å². The molecule has 3 rings (SSSR count). The molecule has 1 aliphatic rings. The van der Waals surface area contributed by atoms with E-state index in [1.165, 1.54) is 6.07 Å². The van der Waals surface area contributed by atoms with Gasteiger partial charge < -0.3 is 16.0 Å². The zero-order valence-electron chi connectivity index (χ0n) is 13.7. The Morgan fingerprint density at radius 1 is 1.08 bits per heavy atom. The molecule has 0 bridgehead atoms. The standard InChI is InChI=1S/C19H20FN3O2/c20-16-7-3-1-6-14(16)12-23(15-9-10-15)19(25)22-17-8-4-2-5-13(17)11-18(21)24/h1-8,15H,9-12H2,(H2,21,24)(H,22,25). The van der Waals surface area contributed by atoms with Gasteiger partial charge >= 0.3 is 6.03 Å². The summed E-state index contributed by atoms with van der Waals surface area (Å²) in [4.78, 5) is 25.6. The van der Waals surface area contributed by atoms with Gasteiger partial charge in [0.1, 0.15) is 5.82 Å². The van der Waals surface area contributed by atoms with Gasteiger partial charge in [-0.1, -0.05) is 36.4 Å². The van der Waals surface area contributed by atoms with E-state index in [2.05, 4.69) is 5.32 Å². The quantitative estimate of drug-likeness (QED) is 0.847. The van der Waals surface area contributed by atoms with E-state index in [-0.39, 0.29) is 30.9 Å². The van der Waals surface area contributed by atoms with Crippen molar-refractivity contribution in [3.63, 3.8) is 0 Å². The van der Waals surface area contributed by atoms with Crippen molar-refractivity contribution in [1.29, 1.82) is 0 Å². The predicted octanol–water partition coefficient (Wildman–Crippen LogP) is 3.05. The summed E-state index contributed by atoms with van der Waals surface area (Å²) < 4.78 is 13.9. The lowest BCUT2D eigenvalue weighted by molar-refractivity contribution is -0.117. The highest BCUT2D eigenvalue weighted by Gasteiger charge is 2.33. The van der Waals surface area contributed by atoms with Crippen LogP contribution in [-0.2, 0) is 17.8 Å². The van der Waals surface area contributed by atoms with Gasteiger partial charge in [-0.15, -0.1) is 0 Å². The highest BCUT2D eigenvalue weighted by atomic mass is 19.1. The maximum absolute atomic E-state index is 13.9.